The molecule has 21 heavy (non-hydrogen) atoms. The molecule has 0 aliphatic heterocycles. The zero-order valence-electron chi connectivity index (χ0n) is 10.6. The Morgan fingerprint density at radius 3 is 2.10 bits per heavy atom. The quantitative estimate of drug-likeness (QED) is 0.547. The van der Waals surface area contributed by atoms with Crippen molar-refractivity contribution < 1.29 is 35.8 Å². The summed E-state index contributed by atoms with van der Waals surface area (Å²) in [7, 11) is 1.33. The molecule has 1 rings (SSSR count). The van der Waals surface area contributed by atoms with Gasteiger partial charge in [0.2, 0.25) is 6.10 Å². The van der Waals surface area contributed by atoms with Gasteiger partial charge >= 0.3 is 12.4 Å². The fourth-order valence-electron chi connectivity index (χ4n) is 1.55. The molecule has 1 aromatic rings. The zero-order valence-corrected chi connectivity index (χ0v) is 12.2. The highest BCUT2D eigenvalue weighted by Crippen LogP contribution is 2.39. The van der Waals surface area contributed by atoms with E-state index in [-0.39, 0.29) is 10.9 Å². The molecule has 9 heteroatoms. The topological polar surface area (TPSA) is 18.5 Å². The molecule has 0 aromatic heterocycles. The predicted molar refractivity (Wildman–Crippen MR) is 66.5 cm³/mol. The lowest BCUT2D eigenvalue weighted by Crippen LogP contribution is -2.45. The van der Waals surface area contributed by atoms with Gasteiger partial charge in [0.15, 0.2) is 0 Å². The molecule has 0 heterocycles. The average Bonchev–Trinajstić information content (AvgIpc) is 2.36. The fraction of sp³-hybridized carbons (Fsp3) is 0.500. The third-order valence-corrected chi connectivity index (χ3v) is 3.09. The van der Waals surface area contributed by atoms with Crippen molar-refractivity contribution in [1.82, 2.24) is 0 Å². The summed E-state index contributed by atoms with van der Waals surface area (Å²) in [5.74, 6) is 0.303. The molecular formula is C12H11BrF6O2. The van der Waals surface area contributed by atoms with Crippen molar-refractivity contribution in [3.05, 3.63) is 29.8 Å². The SMILES string of the molecule is COc1cccc(C(CBr)OC(C(F)(F)F)C(F)(F)F)c1. The number of ether oxygens (including phenoxy) is 2. The molecule has 1 aromatic carbocycles. The van der Waals surface area contributed by atoms with Crippen LogP contribution in [-0.4, -0.2) is 30.9 Å². The Hall–Kier alpha value is -0.960. The van der Waals surface area contributed by atoms with Crippen molar-refractivity contribution in [2.24, 2.45) is 0 Å². The molecule has 2 nitrogen and oxygen atoms in total. The molecular weight excluding hydrogens is 370 g/mol. The van der Waals surface area contributed by atoms with E-state index in [0.717, 1.165) is 0 Å². The van der Waals surface area contributed by atoms with Crippen LogP contribution in [0.15, 0.2) is 24.3 Å². The molecule has 1 unspecified atom stereocenters. The highest BCUT2D eigenvalue weighted by atomic mass is 79.9. The van der Waals surface area contributed by atoms with Crippen LogP contribution in [0.2, 0.25) is 0 Å². The Morgan fingerprint density at radius 2 is 1.67 bits per heavy atom. The van der Waals surface area contributed by atoms with Gasteiger partial charge in [-0.25, -0.2) is 0 Å². The van der Waals surface area contributed by atoms with E-state index in [1.54, 1.807) is 0 Å². The van der Waals surface area contributed by atoms with E-state index in [1.807, 2.05) is 0 Å². The second-order valence-corrected chi connectivity index (χ2v) is 4.67. The van der Waals surface area contributed by atoms with E-state index in [9.17, 15) is 26.3 Å². The first kappa shape index (κ1) is 18.1. The molecule has 0 spiro atoms. The van der Waals surface area contributed by atoms with E-state index < -0.39 is 24.6 Å². The lowest BCUT2D eigenvalue weighted by Gasteiger charge is -2.27. The minimum atomic E-state index is -5.54. The van der Waals surface area contributed by atoms with E-state index >= 15 is 0 Å². The standard InChI is InChI=1S/C12H11BrF6O2/c1-20-8-4-2-3-7(5-8)9(6-13)21-10(11(14,15)16)12(17,18)19/h2-5,9-10H,6H2,1H3. The minimum absolute atomic E-state index is 0.143. The van der Waals surface area contributed by atoms with Crippen LogP contribution in [0.1, 0.15) is 11.7 Å². The van der Waals surface area contributed by atoms with Gasteiger partial charge in [-0.2, -0.15) is 26.3 Å². The van der Waals surface area contributed by atoms with Crippen molar-refractivity contribution in [2.45, 2.75) is 24.6 Å². The minimum Gasteiger partial charge on any atom is -0.497 e. The van der Waals surface area contributed by atoms with Crippen molar-refractivity contribution in [3.8, 4) is 5.75 Å². The maximum atomic E-state index is 12.5. The van der Waals surface area contributed by atoms with Gasteiger partial charge in [0.1, 0.15) is 5.75 Å². The average molecular weight is 381 g/mol. The molecule has 120 valence electrons. The molecule has 0 bridgehead atoms. The summed E-state index contributed by atoms with van der Waals surface area (Å²) < 4.78 is 84.1. The molecule has 0 N–H and O–H groups in total. The summed E-state index contributed by atoms with van der Waals surface area (Å²) in [6, 6.07) is 5.64. The summed E-state index contributed by atoms with van der Waals surface area (Å²) in [4.78, 5) is 0. The van der Waals surface area contributed by atoms with Crippen LogP contribution < -0.4 is 4.74 Å². The summed E-state index contributed by atoms with van der Waals surface area (Å²) >= 11 is 2.86. The van der Waals surface area contributed by atoms with Crippen molar-refractivity contribution >= 4 is 15.9 Å². The van der Waals surface area contributed by atoms with Gasteiger partial charge < -0.3 is 9.47 Å². The van der Waals surface area contributed by atoms with Crippen molar-refractivity contribution in [3.63, 3.8) is 0 Å². The highest BCUT2D eigenvalue weighted by molar-refractivity contribution is 9.09. The van der Waals surface area contributed by atoms with Gasteiger partial charge in [-0.3, -0.25) is 0 Å². The fourth-order valence-corrected chi connectivity index (χ4v) is 2.08. The van der Waals surface area contributed by atoms with Crippen LogP contribution in [0.5, 0.6) is 5.75 Å². The molecule has 1 atom stereocenters. The van der Waals surface area contributed by atoms with E-state index in [2.05, 4.69) is 20.7 Å². The maximum absolute atomic E-state index is 12.5. The number of benzene rings is 1. The van der Waals surface area contributed by atoms with Gasteiger partial charge in [-0.05, 0) is 17.7 Å². The lowest BCUT2D eigenvalue weighted by molar-refractivity contribution is -0.330. The maximum Gasteiger partial charge on any atom is 0.423 e. The molecule has 0 saturated carbocycles. The third kappa shape index (κ3) is 5.06. The predicted octanol–water partition coefficient (Wildman–Crippen LogP) is 4.64. The van der Waals surface area contributed by atoms with E-state index in [4.69, 9.17) is 4.74 Å². The first-order valence-electron chi connectivity index (χ1n) is 5.58. The summed E-state index contributed by atoms with van der Waals surface area (Å²) in [5, 5.41) is -0.233. The first-order chi connectivity index (χ1) is 9.59. The van der Waals surface area contributed by atoms with E-state index in [0.29, 0.717) is 5.75 Å². The summed E-state index contributed by atoms with van der Waals surface area (Å²) in [6.07, 6.45) is -16.4. The van der Waals surface area contributed by atoms with Gasteiger partial charge in [0, 0.05) is 5.33 Å². The third-order valence-electron chi connectivity index (χ3n) is 2.50. The van der Waals surface area contributed by atoms with Crippen LogP contribution in [-0.2, 0) is 4.74 Å². The molecule has 0 aliphatic carbocycles. The van der Waals surface area contributed by atoms with E-state index in [1.165, 1.54) is 31.4 Å². The Morgan fingerprint density at radius 1 is 1.10 bits per heavy atom. The summed E-state index contributed by atoms with van der Waals surface area (Å²) in [6.45, 7) is 0. The number of halogens is 7. The normalized spacial score (nSPS) is 14.3. The van der Waals surface area contributed by atoms with Crippen LogP contribution in [0.4, 0.5) is 26.3 Å². The Labute approximate surface area is 125 Å². The second kappa shape index (κ2) is 6.87. The number of alkyl halides is 7. The highest BCUT2D eigenvalue weighted by Gasteiger charge is 2.58. The molecule has 0 aliphatic rings. The van der Waals surface area contributed by atoms with Crippen LogP contribution in [0, 0.1) is 0 Å². The smallest absolute Gasteiger partial charge is 0.423 e. The second-order valence-electron chi connectivity index (χ2n) is 4.02. The van der Waals surface area contributed by atoms with Gasteiger partial charge in [-0.15, -0.1) is 0 Å². The Kier molecular flexibility index (Phi) is 5.92. The van der Waals surface area contributed by atoms with Crippen LogP contribution in [0.25, 0.3) is 0 Å². The molecule has 0 radical (unpaired) electrons. The number of hydrogen-bond acceptors (Lipinski definition) is 2. The Bertz CT molecular complexity index is 446. The number of rotatable bonds is 5. The first-order valence-corrected chi connectivity index (χ1v) is 6.70. The van der Waals surface area contributed by atoms with Crippen molar-refractivity contribution in [1.29, 1.82) is 0 Å². The van der Waals surface area contributed by atoms with Gasteiger partial charge in [0.25, 0.3) is 0 Å². The number of hydrogen-bond donors (Lipinski definition) is 0. The van der Waals surface area contributed by atoms with Gasteiger partial charge in [0.05, 0.1) is 13.2 Å². The lowest BCUT2D eigenvalue weighted by atomic mass is 10.1. The molecule has 0 saturated heterocycles. The monoisotopic (exact) mass is 380 g/mol. The van der Waals surface area contributed by atoms with Gasteiger partial charge in [-0.1, -0.05) is 28.1 Å². The summed E-state index contributed by atoms with van der Waals surface area (Å²) in [5.41, 5.74) is 0.143. The zero-order chi connectivity index (χ0) is 16.3. The van der Waals surface area contributed by atoms with Crippen molar-refractivity contribution in [2.75, 3.05) is 12.4 Å². The Balaban J connectivity index is 3.03. The largest absolute Gasteiger partial charge is 0.497 e. The number of methoxy groups -OCH3 is 1. The molecule has 0 amide bonds. The van der Waals surface area contributed by atoms with Crippen LogP contribution in [0.3, 0.4) is 0 Å². The molecule has 0 fully saturated rings. The van der Waals surface area contributed by atoms with Crippen LogP contribution >= 0.6 is 15.9 Å².